The van der Waals surface area contributed by atoms with Gasteiger partial charge >= 0.3 is 5.97 Å². The zero-order chi connectivity index (χ0) is 13.0. The van der Waals surface area contributed by atoms with Crippen LogP contribution in [0, 0.1) is 0 Å². The summed E-state index contributed by atoms with van der Waals surface area (Å²) < 4.78 is 0. The summed E-state index contributed by atoms with van der Waals surface area (Å²) in [5.74, 6) is -1.06. The average molecular weight is 243 g/mol. The standard InChI is InChI=1S/C14H13NO3/c16-13(17)10-14(18,11-4-2-1-3-5-11)12-6-8-15-9-7-12/h1-9,18H,10H2,(H,16,17)/t14-/m1/s1. The lowest BCUT2D eigenvalue weighted by Crippen LogP contribution is -2.30. The van der Waals surface area contributed by atoms with Crippen LogP contribution >= 0.6 is 0 Å². The second-order valence-corrected chi connectivity index (χ2v) is 4.03. The Kier molecular flexibility index (Phi) is 3.39. The molecule has 0 spiro atoms. The summed E-state index contributed by atoms with van der Waals surface area (Å²) in [4.78, 5) is 14.9. The number of aliphatic hydroxyl groups is 1. The molecule has 0 aliphatic carbocycles. The van der Waals surface area contributed by atoms with Gasteiger partial charge in [0.25, 0.3) is 0 Å². The van der Waals surface area contributed by atoms with Gasteiger partial charge in [0.2, 0.25) is 0 Å². The van der Waals surface area contributed by atoms with E-state index in [-0.39, 0.29) is 6.42 Å². The first-order valence-electron chi connectivity index (χ1n) is 5.53. The van der Waals surface area contributed by atoms with E-state index in [1.54, 1.807) is 36.4 Å². The van der Waals surface area contributed by atoms with E-state index < -0.39 is 11.6 Å². The number of hydrogen-bond donors (Lipinski definition) is 2. The number of rotatable bonds is 4. The molecule has 0 fully saturated rings. The monoisotopic (exact) mass is 243 g/mol. The molecule has 1 aromatic carbocycles. The maximum atomic E-state index is 11.0. The minimum absolute atomic E-state index is 0.388. The van der Waals surface area contributed by atoms with Gasteiger partial charge < -0.3 is 10.2 Å². The second kappa shape index (κ2) is 4.98. The Morgan fingerprint density at radius 2 is 1.61 bits per heavy atom. The smallest absolute Gasteiger partial charge is 0.306 e. The summed E-state index contributed by atoms with van der Waals surface area (Å²) in [5, 5.41) is 19.7. The molecule has 0 bridgehead atoms. The third kappa shape index (κ3) is 2.38. The zero-order valence-corrected chi connectivity index (χ0v) is 9.65. The van der Waals surface area contributed by atoms with Crippen molar-refractivity contribution < 1.29 is 15.0 Å². The molecule has 1 atom stereocenters. The molecule has 0 saturated heterocycles. The first-order chi connectivity index (χ1) is 8.63. The van der Waals surface area contributed by atoms with E-state index in [1.165, 1.54) is 12.4 Å². The molecule has 0 aliphatic rings. The Morgan fingerprint density at radius 1 is 1.06 bits per heavy atom. The normalized spacial score (nSPS) is 13.8. The number of aromatic nitrogens is 1. The van der Waals surface area contributed by atoms with Gasteiger partial charge in [-0.25, -0.2) is 0 Å². The topological polar surface area (TPSA) is 70.4 Å². The van der Waals surface area contributed by atoms with Crippen LogP contribution in [0.4, 0.5) is 0 Å². The third-order valence-electron chi connectivity index (χ3n) is 2.82. The van der Waals surface area contributed by atoms with Gasteiger partial charge in [-0.2, -0.15) is 0 Å². The predicted molar refractivity (Wildman–Crippen MR) is 65.9 cm³/mol. The van der Waals surface area contributed by atoms with Gasteiger partial charge in [-0.05, 0) is 23.3 Å². The highest BCUT2D eigenvalue weighted by Gasteiger charge is 2.34. The van der Waals surface area contributed by atoms with E-state index >= 15 is 0 Å². The van der Waals surface area contributed by atoms with Gasteiger partial charge in [-0.3, -0.25) is 9.78 Å². The van der Waals surface area contributed by atoms with Crippen LogP contribution < -0.4 is 0 Å². The fourth-order valence-corrected chi connectivity index (χ4v) is 1.93. The molecular weight excluding hydrogens is 230 g/mol. The zero-order valence-electron chi connectivity index (χ0n) is 9.65. The van der Waals surface area contributed by atoms with Crippen molar-refractivity contribution in [2.24, 2.45) is 0 Å². The van der Waals surface area contributed by atoms with E-state index in [1.807, 2.05) is 6.07 Å². The van der Waals surface area contributed by atoms with E-state index in [0.717, 1.165) is 0 Å². The lowest BCUT2D eigenvalue weighted by molar-refractivity contribution is -0.141. The van der Waals surface area contributed by atoms with Crippen molar-refractivity contribution in [1.82, 2.24) is 4.98 Å². The van der Waals surface area contributed by atoms with Gasteiger partial charge in [0.1, 0.15) is 5.60 Å². The SMILES string of the molecule is O=C(O)C[C@@](O)(c1ccccc1)c1ccncc1. The number of pyridine rings is 1. The second-order valence-electron chi connectivity index (χ2n) is 4.03. The number of aliphatic carboxylic acids is 1. The summed E-state index contributed by atoms with van der Waals surface area (Å²) in [5.41, 5.74) is -0.458. The van der Waals surface area contributed by atoms with Crippen molar-refractivity contribution in [3.05, 3.63) is 66.0 Å². The molecule has 1 heterocycles. The highest BCUT2D eigenvalue weighted by molar-refractivity contribution is 5.69. The van der Waals surface area contributed by atoms with Crippen LogP contribution in [0.1, 0.15) is 17.5 Å². The van der Waals surface area contributed by atoms with Crippen molar-refractivity contribution in [2.45, 2.75) is 12.0 Å². The maximum absolute atomic E-state index is 11.0. The lowest BCUT2D eigenvalue weighted by atomic mass is 9.84. The summed E-state index contributed by atoms with van der Waals surface area (Å²) in [6, 6.07) is 12.0. The number of carboxylic acid groups (broad SMARTS) is 1. The molecule has 2 rings (SSSR count). The molecule has 0 aliphatic heterocycles. The Hall–Kier alpha value is -2.20. The number of hydrogen-bond acceptors (Lipinski definition) is 3. The van der Waals surface area contributed by atoms with Crippen LogP contribution in [0.3, 0.4) is 0 Å². The van der Waals surface area contributed by atoms with Crippen LogP contribution in [0.25, 0.3) is 0 Å². The Balaban J connectivity index is 2.51. The minimum Gasteiger partial charge on any atom is -0.481 e. The van der Waals surface area contributed by atoms with Crippen LogP contribution in [-0.2, 0) is 10.4 Å². The number of carbonyl (C=O) groups is 1. The summed E-state index contributed by atoms with van der Waals surface area (Å²) in [7, 11) is 0. The van der Waals surface area contributed by atoms with Gasteiger partial charge in [0.05, 0.1) is 6.42 Å². The lowest BCUT2D eigenvalue weighted by Gasteiger charge is -2.27. The molecule has 0 amide bonds. The van der Waals surface area contributed by atoms with Crippen molar-refractivity contribution in [1.29, 1.82) is 0 Å². The fraction of sp³-hybridized carbons (Fsp3) is 0.143. The molecule has 0 saturated carbocycles. The fourth-order valence-electron chi connectivity index (χ4n) is 1.93. The highest BCUT2D eigenvalue weighted by atomic mass is 16.4. The van der Waals surface area contributed by atoms with Crippen LogP contribution in [0.5, 0.6) is 0 Å². The van der Waals surface area contributed by atoms with Gasteiger partial charge in [-0.1, -0.05) is 30.3 Å². The summed E-state index contributed by atoms with van der Waals surface area (Å²) >= 11 is 0. The number of benzene rings is 1. The first-order valence-corrected chi connectivity index (χ1v) is 5.53. The molecule has 4 nitrogen and oxygen atoms in total. The van der Waals surface area contributed by atoms with Crippen LogP contribution in [-0.4, -0.2) is 21.2 Å². The number of carboxylic acids is 1. The molecule has 0 radical (unpaired) electrons. The largest absolute Gasteiger partial charge is 0.481 e. The van der Waals surface area contributed by atoms with Crippen LogP contribution in [0.15, 0.2) is 54.9 Å². The van der Waals surface area contributed by atoms with Crippen molar-refractivity contribution >= 4 is 5.97 Å². The highest BCUT2D eigenvalue weighted by Crippen LogP contribution is 2.32. The molecule has 2 N–H and O–H groups in total. The van der Waals surface area contributed by atoms with E-state index in [4.69, 9.17) is 5.11 Å². The molecule has 1 aromatic heterocycles. The van der Waals surface area contributed by atoms with Crippen LogP contribution in [0.2, 0.25) is 0 Å². The molecule has 2 aromatic rings. The van der Waals surface area contributed by atoms with Crippen molar-refractivity contribution in [3.8, 4) is 0 Å². The Morgan fingerprint density at radius 3 is 2.17 bits per heavy atom. The van der Waals surface area contributed by atoms with Gasteiger partial charge in [0, 0.05) is 12.4 Å². The first kappa shape index (κ1) is 12.3. The Bertz CT molecular complexity index is 486. The molecule has 92 valence electrons. The number of nitrogens with zero attached hydrogens (tertiary/aromatic N) is 1. The van der Waals surface area contributed by atoms with E-state index in [9.17, 15) is 9.90 Å². The average Bonchev–Trinajstić information content (AvgIpc) is 2.40. The van der Waals surface area contributed by atoms with Gasteiger partial charge in [-0.15, -0.1) is 0 Å². The molecule has 4 heteroatoms. The Labute approximate surface area is 105 Å². The van der Waals surface area contributed by atoms with E-state index in [2.05, 4.69) is 4.98 Å². The van der Waals surface area contributed by atoms with E-state index in [0.29, 0.717) is 11.1 Å². The predicted octanol–water partition coefficient (Wildman–Crippen LogP) is 1.79. The molecule has 0 unspecified atom stereocenters. The van der Waals surface area contributed by atoms with Crippen molar-refractivity contribution in [2.75, 3.05) is 0 Å². The molecule has 18 heavy (non-hydrogen) atoms. The minimum atomic E-state index is -1.53. The maximum Gasteiger partial charge on any atom is 0.306 e. The van der Waals surface area contributed by atoms with Gasteiger partial charge in [0.15, 0.2) is 0 Å². The summed E-state index contributed by atoms with van der Waals surface area (Å²) in [6.07, 6.45) is 2.68. The molecular formula is C14H13NO3. The van der Waals surface area contributed by atoms with Crippen molar-refractivity contribution in [3.63, 3.8) is 0 Å². The quantitative estimate of drug-likeness (QED) is 0.858. The third-order valence-corrected chi connectivity index (χ3v) is 2.82. The summed E-state index contributed by atoms with van der Waals surface area (Å²) in [6.45, 7) is 0.